The number of rotatable bonds is 2. The molecule has 1 saturated heterocycles. The Labute approximate surface area is 99.6 Å². The second-order valence-electron chi connectivity index (χ2n) is 4.66. The molecule has 1 atom stereocenters. The molecule has 1 fully saturated rings. The molecular formula is C12H17NO4. The van der Waals surface area contributed by atoms with Gasteiger partial charge in [0.15, 0.2) is 0 Å². The van der Waals surface area contributed by atoms with Crippen molar-refractivity contribution in [2.75, 3.05) is 20.1 Å². The Kier molecular flexibility index (Phi) is 3.22. The topological polar surface area (TPSA) is 73.9 Å². The summed E-state index contributed by atoms with van der Waals surface area (Å²) in [5.74, 6) is -0.861. The Morgan fingerprint density at radius 3 is 2.94 bits per heavy atom. The molecule has 0 amide bonds. The number of carboxylic acid groups (broad SMARTS) is 1. The fourth-order valence-electron chi connectivity index (χ4n) is 2.32. The number of carbonyl (C=O) groups is 1. The van der Waals surface area contributed by atoms with Gasteiger partial charge in [0.25, 0.3) is 0 Å². The Morgan fingerprint density at radius 2 is 2.24 bits per heavy atom. The number of furan rings is 1. The smallest absolute Gasteiger partial charge is 0.339 e. The van der Waals surface area contributed by atoms with Crippen LogP contribution in [0.1, 0.15) is 35.4 Å². The van der Waals surface area contributed by atoms with Crippen LogP contribution in [0.4, 0.5) is 0 Å². The molecule has 0 aromatic carbocycles. The molecule has 17 heavy (non-hydrogen) atoms. The van der Waals surface area contributed by atoms with Crippen molar-refractivity contribution in [3.63, 3.8) is 0 Å². The van der Waals surface area contributed by atoms with E-state index in [1.165, 1.54) is 12.3 Å². The Morgan fingerprint density at radius 1 is 1.47 bits per heavy atom. The molecule has 0 aliphatic carbocycles. The van der Waals surface area contributed by atoms with Gasteiger partial charge in [-0.2, -0.15) is 0 Å². The number of nitrogens with zero attached hydrogens (tertiary/aromatic N) is 1. The Bertz CT molecular complexity index is 414. The molecule has 1 aliphatic heterocycles. The maximum absolute atomic E-state index is 11.0. The summed E-state index contributed by atoms with van der Waals surface area (Å²) in [4.78, 5) is 13.2. The number of aliphatic hydroxyl groups is 1. The molecule has 0 saturated carbocycles. The van der Waals surface area contributed by atoms with Crippen molar-refractivity contribution in [3.05, 3.63) is 23.7 Å². The minimum Gasteiger partial charge on any atom is -0.478 e. The van der Waals surface area contributed by atoms with E-state index in [-0.39, 0.29) is 11.3 Å². The van der Waals surface area contributed by atoms with Gasteiger partial charge in [0.2, 0.25) is 0 Å². The monoisotopic (exact) mass is 239 g/mol. The summed E-state index contributed by atoms with van der Waals surface area (Å²) in [7, 11) is 1.99. The molecule has 5 heteroatoms. The number of hydrogen-bond acceptors (Lipinski definition) is 4. The third-order valence-corrected chi connectivity index (χ3v) is 3.36. The van der Waals surface area contributed by atoms with Crippen LogP contribution in [0, 0.1) is 0 Å². The molecule has 2 rings (SSSR count). The van der Waals surface area contributed by atoms with E-state index < -0.39 is 11.6 Å². The van der Waals surface area contributed by atoms with Crippen LogP contribution in [0.2, 0.25) is 0 Å². The van der Waals surface area contributed by atoms with E-state index in [0.29, 0.717) is 12.8 Å². The zero-order chi connectivity index (χ0) is 12.5. The van der Waals surface area contributed by atoms with Gasteiger partial charge in [-0.25, -0.2) is 4.79 Å². The van der Waals surface area contributed by atoms with Crippen LogP contribution in [0.15, 0.2) is 16.7 Å². The summed E-state index contributed by atoms with van der Waals surface area (Å²) in [5.41, 5.74) is -1.08. The van der Waals surface area contributed by atoms with E-state index in [4.69, 9.17) is 9.52 Å². The van der Waals surface area contributed by atoms with Gasteiger partial charge in [-0.3, -0.25) is 0 Å². The first-order chi connectivity index (χ1) is 8.03. The van der Waals surface area contributed by atoms with Crippen LogP contribution < -0.4 is 0 Å². The molecule has 0 bridgehead atoms. The third kappa shape index (κ3) is 2.35. The predicted octanol–water partition coefficient (Wildman–Crippen LogP) is 1.28. The summed E-state index contributed by atoms with van der Waals surface area (Å²) in [6.07, 6.45) is 3.18. The number of aromatic carboxylic acids is 1. The van der Waals surface area contributed by atoms with Crippen molar-refractivity contribution in [3.8, 4) is 0 Å². The lowest BCUT2D eigenvalue weighted by Gasteiger charge is -2.24. The summed E-state index contributed by atoms with van der Waals surface area (Å²) in [6, 6.07) is 1.39. The molecule has 0 radical (unpaired) electrons. The average molecular weight is 239 g/mol. The molecule has 1 unspecified atom stereocenters. The first-order valence-electron chi connectivity index (χ1n) is 5.75. The van der Waals surface area contributed by atoms with Gasteiger partial charge in [0, 0.05) is 6.54 Å². The predicted molar refractivity (Wildman–Crippen MR) is 60.9 cm³/mol. The van der Waals surface area contributed by atoms with E-state index in [0.717, 1.165) is 19.5 Å². The highest BCUT2D eigenvalue weighted by Crippen LogP contribution is 2.35. The summed E-state index contributed by atoms with van der Waals surface area (Å²) in [6.45, 7) is 1.64. The average Bonchev–Trinajstić information content (AvgIpc) is 2.70. The highest BCUT2D eigenvalue weighted by Gasteiger charge is 2.37. The second-order valence-corrected chi connectivity index (χ2v) is 4.66. The lowest BCUT2D eigenvalue weighted by Crippen LogP contribution is -2.29. The fraction of sp³-hybridized carbons (Fsp3) is 0.583. The van der Waals surface area contributed by atoms with Crippen molar-refractivity contribution in [2.24, 2.45) is 0 Å². The van der Waals surface area contributed by atoms with Gasteiger partial charge < -0.3 is 19.5 Å². The summed E-state index contributed by atoms with van der Waals surface area (Å²) >= 11 is 0. The van der Waals surface area contributed by atoms with Crippen molar-refractivity contribution < 1.29 is 19.4 Å². The van der Waals surface area contributed by atoms with Gasteiger partial charge in [0.1, 0.15) is 16.9 Å². The number of hydrogen-bond donors (Lipinski definition) is 2. The largest absolute Gasteiger partial charge is 0.478 e. The van der Waals surface area contributed by atoms with Gasteiger partial charge in [-0.15, -0.1) is 0 Å². The molecule has 94 valence electrons. The molecule has 2 N–H and O–H groups in total. The van der Waals surface area contributed by atoms with Crippen LogP contribution in [0.5, 0.6) is 0 Å². The molecule has 1 aliphatic rings. The minimum absolute atomic E-state index is 0.0667. The Balaban J connectivity index is 2.30. The van der Waals surface area contributed by atoms with Crippen molar-refractivity contribution in [1.82, 2.24) is 4.90 Å². The van der Waals surface area contributed by atoms with Crippen LogP contribution in [0.25, 0.3) is 0 Å². The van der Waals surface area contributed by atoms with Gasteiger partial charge in [0.05, 0.1) is 6.26 Å². The standard InChI is InChI=1S/C12H17NO4/c1-13-6-2-4-12(16,5-7-13)10-9(11(14)15)3-8-17-10/h3,8,16H,2,4-7H2,1H3,(H,14,15). The lowest BCUT2D eigenvalue weighted by molar-refractivity contribution is -0.000775. The highest BCUT2D eigenvalue weighted by molar-refractivity contribution is 5.89. The maximum Gasteiger partial charge on any atom is 0.339 e. The van der Waals surface area contributed by atoms with Gasteiger partial charge >= 0.3 is 5.97 Å². The maximum atomic E-state index is 11.0. The van der Waals surface area contributed by atoms with E-state index >= 15 is 0 Å². The SMILES string of the molecule is CN1CCCC(O)(c2occc2C(=O)O)CC1. The summed E-state index contributed by atoms with van der Waals surface area (Å²) in [5, 5.41) is 19.6. The normalized spacial score (nSPS) is 26.7. The number of carboxylic acids is 1. The van der Waals surface area contributed by atoms with Crippen molar-refractivity contribution in [2.45, 2.75) is 24.9 Å². The fourth-order valence-corrected chi connectivity index (χ4v) is 2.32. The molecule has 2 heterocycles. The molecule has 1 aromatic rings. The van der Waals surface area contributed by atoms with E-state index in [1.807, 2.05) is 7.05 Å². The zero-order valence-electron chi connectivity index (χ0n) is 9.85. The van der Waals surface area contributed by atoms with Gasteiger partial charge in [-0.05, 0) is 38.9 Å². The van der Waals surface area contributed by atoms with E-state index in [2.05, 4.69) is 4.90 Å². The van der Waals surface area contributed by atoms with E-state index in [9.17, 15) is 9.90 Å². The third-order valence-electron chi connectivity index (χ3n) is 3.36. The van der Waals surface area contributed by atoms with Crippen LogP contribution in [-0.2, 0) is 5.60 Å². The van der Waals surface area contributed by atoms with E-state index in [1.54, 1.807) is 0 Å². The van der Waals surface area contributed by atoms with Gasteiger partial charge in [-0.1, -0.05) is 0 Å². The Hall–Kier alpha value is -1.33. The van der Waals surface area contributed by atoms with Crippen molar-refractivity contribution in [1.29, 1.82) is 0 Å². The number of likely N-dealkylation sites (tertiary alicyclic amines) is 1. The van der Waals surface area contributed by atoms with Crippen LogP contribution in [-0.4, -0.2) is 41.2 Å². The first-order valence-corrected chi connectivity index (χ1v) is 5.75. The zero-order valence-corrected chi connectivity index (χ0v) is 9.85. The molecule has 1 aromatic heterocycles. The minimum atomic E-state index is -1.15. The van der Waals surface area contributed by atoms with Crippen LogP contribution in [0.3, 0.4) is 0 Å². The first kappa shape index (κ1) is 12.1. The molecular weight excluding hydrogens is 222 g/mol. The highest BCUT2D eigenvalue weighted by atomic mass is 16.4. The molecule has 5 nitrogen and oxygen atoms in total. The van der Waals surface area contributed by atoms with Crippen LogP contribution >= 0.6 is 0 Å². The summed E-state index contributed by atoms with van der Waals surface area (Å²) < 4.78 is 5.21. The molecule has 0 spiro atoms. The quantitative estimate of drug-likeness (QED) is 0.813. The van der Waals surface area contributed by atoms with Crippen molar-refractivity contribution >= 4 is 5.97 Å². The lowest BCUT2D eigenvalue weighted by atomic mass is 9.90. The second kappa shape index (κ2) is 4.50.